The van der Waals surface area contributed by atoms with Crippen molar-refractivity contribution < 1.29 is 4.79 Å². The van der Waals surface area contributed by atoms with Crippen molar-refractivity contribution in [3.8, 4) is 0 Å². The van der Waals surface area contributed by atoms with Crippen LogP contribution in [0, 0.1) is 11.8 Å². The molecule has 2 saturated carbocycles. The second kappa shape index (κ2) is 4.85. The molecule has 4 atom stereocenters. The Morgan fingerprint density at radius 3 is 2.95 bits per heavy atom. The van der Waals surface area contributed by atoms with Crippen molar-refractivity contribution in [3.63, 3.8) is 0 Å². The van der Waals surface area contributed by atoms with Crippen LogP contribution in [-0.4, -0.2) is 30.4 Å². The van der Waals surface area contributed by atoms with Crippen molar-refractivity contribution in [3.05, 3.63) is 21.9 Å². The number of carbonyl (C=O) groups is 1. The van der Waals surface area contributed by atoms with Gasteiger partial charge in [0.2, 0.25) is 5.91 Å². The predicted molar refractivity (Wildman–Crippen MR) is 80.8 cm³/mol. The lowest BCUT2D eigenvalue weighted by Crippen LogP contribution is -2.47. The molecule has 1 aromatic heterocycles. The predicted octanol–water partition coefficient (Wildman–Crippen LogP) is 2.58. The minimum Gasteiger partial charge on any atom is -0.337 e. The Morgan fingerprint density at radius 1 is 1.35 bits per heavy atom. The standard InChI is InChI=1S/C16H22N2OS/c1-17-14-15-11(5-7-20-15)4-6-18(16(14)19)13-9-10-2-3-12(13)8-10/h5,7,10,12-14,17H,2-4,6,8-9H2,1H3. The second-order valence-electron chi connectivity index (χ2n) is 6.56. The van der Waals surface area contributed by atoms with Gasteiger partial charge in [0.05, 0.1) is 0 Å². The number of hydrogen-bond acceptors (Lipinski definition) is 3. The average molecular weight is 290 g/mol. The molecular formula is C16H22N2OS. The first-order chi connectivity index (χ1) is 9.78. The van der Waals surface area contributed by atoms with Gasteiger partial charge in [0.15, 0.2) is 0 Å². The van der Waals surface area contributed by atoms with Gasteiger partial charge < -0.3 is 10.2 Å². The minimum atomic E-state index is -0.119. The van der Waals surface area contributed by atoms with E-state index in [4.69, 9.17) is 0 Å². The molecule has 3 aliphatic rings. The number of thiophene rings is 1. The maximum atomic E-state index is 13.0. The number of carbonyl (C=O) groups excluding carboxylic acids is 1. The highest BCUT2D eigenvalue weighted by Gasteiger charge is 2.45. The fourth-order valence-electron chi connectivity index (χ4n) is 4.61. The largest absolute Gasteiger partial charge is 0.337 e. The molecule has 1 aromatic rings. The molecule has 4 rings (SSSR count). The van der Waals surface area contributed by atoms with Crippen molar-refractivity contribution >= 4 is 17.2 Å². The summed E-state index contributed by atoms with van der Waals surface area (Å²) < 4.78 is 0. The van der Waals surface area contributed by atoms with E-state index >= 15 is 0 Å². The number of amides is 1. The van der Waals surface area contributed by atoms with Gasteiger partial charge in [0.1, 0.15) is 6.04 Å². The van der Waals surface area contributed by atoms with E-state index in [1.807, 2.05) is 7.05 Å². The SMILES string of the molecule is CNC1C(=O)N(C2CC3CCC2C3)CCc2ccsc21. The van der Waals surface area contributed by atoms with Crippen molar-refractivity contribution in [2.75, 3.05) is 13.6 Å². The van der Waals surface area contributed by atoms with Crippen LogP contribution >= 0.6 is 11.3 Å². The van der Waals surface area contributed by atoms with Gasteiger partial charge in [0.25, 0.3) is 0 Å². The molecule has 0 spiro atoms. The van der Waals surface area contributed by atoms with Crippen LogP contribution in [0.4, 0.5) is 0 Å². The van der Waals surface area contributed by atoms with Gasteiger partial charge in [-0.3, -0.25) is 4.79 Å². The van der Waals surface area contributed by atoms with Crippen LogP contribution in [0.2, 0.25) is 0 Å². The molecule has 2 fully saturated rings. The van der Waals surface area contributed by atoms with E-state index in [-0.39, 0.29) is 6.04 Å². The highest BCUT2D eigenvalue weighted by Crippen LogP contribution is 2.47. The molecule has 1 aliphatic heterocycles. The van der Waals surface area contributed by atoms with Gasteiger partial charge in [0, 0.05) is 17.5 Å². The summed E-state index contributed by atoms with van der Waals surface area (Å²) in [6, 6.07) is 2.60. The zero-order valence-corrected chi connectivity index (χ0v) is 12.8. The van der Waals surface area contributed by atoms with Crippen LogP contribution in [0.15, 0.2) is 11.4 Å². The van der Waals surface area contributed by atoms with Crippen molar-refractivity contribution in [1.29, 1.82) is 0 Å². The third-order valence-corrected chi connectivity index (χ3v) is 6.61. The molecule has 4 unspecified atom stereocenters. The summed E-state index contributed by atoms with van der Waals surface area (Å²) in [4.78, 5) is 16.4. The van der Waals surface area contributed by atoms with E-state index in [0.717, 1.165) is 24.8 Å². The smallest absolute Gasteiger partial charge is 0.245 e. The molecule has 0 aromatic carbocycles. The van der Waals surface area contributed by atoms with Gasteiger partial charge in [-0.2, -0.15) is 0 Å². The topological polar surface area (TPSA) is 32.3 Å². The Morgan fingerprint density at radius 2 is 2.25 bits per heavy atom. The molecule has 3 nitrogen and oxygen atoms in total. The van der Waals surface area contributed by atoms with E-state index in [2.05, 4.69) is 21.7 Å². The van der Waals surface area contributed by atoms with Crippen LogP contribution in [0.25, 0.3) is 0 Å². The fraction of sp³-hybridized carbons (Fsp3) is 0.688. The Bertz CT molecular complexity index is 526. The van der Waals surface area contributed by atoms with E-state index in [0.29, 0.717) is 11.9 Å². The molecule has 2 bridgehead atoms. The first-order valence-electron chi connectivity index (χ1n) is 7.82. The molecule has 20 heavy (non-hydrogen) atoms. The first-order valence-corrected chi connectivity index (χ1v) is 8.70. The van der Waals surface area contributed by atoms with Gasteiger partial charge in [-0.15, -0.1) is 11.3 Å². The summed E-state index contributed by atoms with van der Waals surface area (Å²) in [6.45, 7) is 0.911. The molecule has 2 aliphatic carbocycles. The van der Waals surface area contributed by atoms with Crippen LogP contribution < -0.4 is 5.32 Å². The number of rotatable bonds is 2. The van der Waals surface area contributed by atoms with Crippen LogP contribution in [-0.2, 0) is 11.2 Å². The van der Waals surface area contributed by atoms with Crippen LogP contribution in [0.5, 0.6) is 0 Å². The molecule has 4 heteroatoms. The van der Waals surface area contributed by atoms with E-state index < -0.39 is 0 Å². The van der Waals surface area contributed by atoms with E-state index in [1.54, 1.807) is 11.3 Å². The molecule has 1 amide bonds. The summed E-state index contributed by atoms with van der Waals surface area (Å²) in [5.41, 5.74) is 1.37. The third-order valence-electron chi connectivity index (χ3n) is 5.58. The lowest BCUT2D eigenvalue weighted by molar-refractivity contribution is -0.136. The van der Waals surface area contributed by atoms with E-state index in [1.165, 1.54) is 36.1 Å². The van der Waals surface area contributed by atoms with Crippen molar-refractivity contribution in [2.24, 2.45) is 11.8 Å². The second-order valence-corrected chi connectivity index (χ2v) is 7.50. The Labute approximate surface area is 124 Å². The molecule has 0 saturated heterocycles. The Hall–Kier alpha value is -0.870. The maximum absolute atomic E-state index is 13.0. The quantitative estimate of drug-likeness (QED) is 0.908. The van der Waals surface area contributed by atoms with Gasteiger partial charge in [-0.1, -0.05) is 6.42 Å². The van der Waals surface area contributed by atoms with Crippen LogP contribution in [0.1, 0.15) is 42.2 Å². The summed E-state index contributed by atoms with van der Waals surface area (Å²) in [7, 11) is 1.91. The van der Waals surface area contributed by atoms with Crippen molar-refractivity contribution in [1.82, 2.24) is 10.2 Å². The lowest BCUT2D eigenvalue weighted by atomic mass is 9.93. The monoisotopic (exact) mass is 290 g/mol. The first kappa shape index (κ1) is 12.8. The number of hydrogen-bond donors (Lipinski definition) is 1. The van der Waals surface area contributed by atoms with Crippen LogP contribution in [0.3, 0.4) is 0 Å². The van der Waals surface area contributed by atoms with Gasteiger partial charge in [-0.25, -0.2) is 0 Å². The highest BCUT2D eigenvalue weighted by molar-refractivity contribution is 7.10. The Kier molecular flexibility index (Phi) is 3.11. The molecular weight excluding hydrogens is 268 g/mol. The number of nitrogens with one attached hydrogen (secondary N) is 1. The molecule has 0 radical (unpaired) electrons. The average Bonchev–Trinajstić information content (AvgIpc) is 3.15. The number of fused-ring (bicyclic) bond motifs is 3. The third kappa shape index (κ3) is 1.85. The summed E-state index contributed by atoms with van der Waals surface area (Å²) in [5, 5.41) is 5.37. The maximum Gasteiger partial charge on any atom is 0.245 e. The highest BCUT2D eigenvalue weighted by atomic mass is 32.1. The number of nitrogens with zero attached hydrogens (tertiary/aromatic N) is 1. The zero-order valence-electron chi connectivity index (χ0n) is 12.0. The minimum absolute atomic E-state index is 0.119. The number of likely N-dealkylation sites (N-methyl/N-ethyl adjacent to an activating group) is 1. The summed E-state index contributed by atoms with van der Waals surface area (Å²) >= 11 is 1.73. The van der Waals surface area contributed by atoms with Gasteiger partial charge >= 0.3 is 0 Å². The van der Waals surface area contributed by atoms with Crippen molar-refractivity contribution in [2.45, 2.75) is 44.2 Å². The molecule has 1 N–H and O–H groups in total. The fourth-order valence-corrected chi connectivity index (χ4v) is 5.67. The Balaban J connectivity index is 1.63. The van der Waals surface area contributed by atoms with Gasteiger partial charge in [-0.05, 0) is 61.6 Å². The summed E-state index contributed by atoms with van der Waals surface area (Å²) in [5.74, 6) is 1.98. The molecule has 108 valence electrons. The lowest BCUT2D eigenvalue weighted by Gasteiger charge is -2.35. The zero-order chi connectivity index (χ0) is 13.7. The molecule has 2 heterocycles. The van der Waals surface area contributed by atoms with E-state index in [9.17, 15) is 4.79 Å². The normalized spacial score (nSPS) is 36.2. The summed E-state index contributed by atoms with van der Waals surface area (Å²) in [6.07, 6.45) is 6.37.